The average Bonchev–Trinajstić information content (AvgIpc) is 2.72. The van der Waals surface area contributed by atoms with Crippen molar-refractivity contribution in [1.29, 1.82) is 0 Å². The Hall–Kier alpha value is -1.92. The predicted molar refractivity (Wildman–Crippen MR) is 68.5 cm³/mol. The number of urea groups is 1. The van der Waals surface area contributed by atoms with Crippen molar-refractivity contribution in [3.8, 4) is 0 Å². The fourth-order valence-corrected chi connectivity index (χ4v) is 2.43. The molecule has 2 saturated heterocycles. The van der Waals surface area contributed by atoms with E-state index in [1.165, 1.54) is 4.90 Å². The molecule has 6 nitrogen and oxygen atoms in total. The summed E-state index contributed by atoms with van der Waals surface area (Å²) in [6.45, 7) is 1.66. The molecule has 100 valence electrons. The minimum absolute atomic E-state index is 0.217. The predicted octanol–water partition coefficient (Wildman–Crippen LogP) is 0.313. The molecule has 2 N–H and O–H groups in total. The van der Waals surface area contributed by atoms with Gasteiger partial charge < -0.3 is 15.4 Å². The number of anilines is 1. The zero-order valence-electron chi connectivity index (χ0n) is 10.4. The highest BCUT2D eigenvalue weighted by atomic mass is 16.5. The SMILES string of the molecule is NCc1ccc(N2C(=O)C3COCCN3C2=O)cc1. The van der Waals surface area contributed by atoms with Crippen molar-refractivity contribution in [3.63, 3.8) is 0 Å². The highest BCUT2D eigenvalue weighted by Gasteiger charge is 2.47. The molecular weight excluding hydrogens is 246 g/mol. The number of nitrogens with zero attached hydrogens (tertiary/aromatic N) is 2. The molecule has 0 aliphatic carbocycles. The highest BCUT2D eigenvalue weighted by Crippen LogP contribution is 2.26. The van der Waals surface area contributed by atoms with Gasteiger partial charge in [-0.1, -0.05) is 12.1 Å². The van der Waals surface area contributed by atoms with Crippen LogP contribution < -0.4 is 10.6 Å². The first-order chi connectivity index (χ1) is 9.22. The number of ether oxygens (including phenoxy) is 1. The quantitative estimate of drug-likeness (QED) is 0.777. The zero-order valence-corrected chi connectivity index (χ0v) is 10.4. The van der Waals surface area contributed by atoms with Gasteiger partial charge in [0.1, 0.15) is 6.04 Å². The van der Waals surface area contributed by atoms with Crippen LogP contribution in [0.5, 0.6) is 0 Å². The van der Waals surface area contributed by atoms with E-state index in [0.29, 0.717) is 25.4 Å². The number of hydrogen-bond acceptors (Lipinski definition) is 4. The van der Waals surface area contributed by atoms with Crippen molar-refractivity contribution < 1.29 is 14.3 Å². The van der Waals surface area contributed by atoms with E-state index in [0.717, 1.165) is 5.56 Å². The van der Waals surface area contributed by atoms with E-state index >= 15 is 0 Å². The molecule has 3 amide bonds. The van der Waals surface area contributed by atoms with Crippen LogP contribution in [0.1, 0.15) is 5.56 Å². The number of nitrogens with two attached hydrogens (primary N) is 1. The maximum atomic E-state index is 12.3. The van der Waals surface area contributed by atoms with Crippen LogP contribution in [0.3, 0.4) is 0 Å². The lowest BCUT2D eigenvalue weighted by molar-refractivity contribution is -0.123. The van der Waals surface area contributed by atoms with Gasteiger partial charge in [-0.15, -0.1) is 0 Å². The van der Waals surface area contributed by atoms with Gasteiger partial charge in [-0.2, -0.15) is 0 Å². The van der Waals surface area contributed by atoms with E-state index in [1.807, 2.05) is 12.1 Å². The molecule has 19 heavy (non-hydrogen) atoms. The molecule has 1 aromatic carbocycles. The number of carbonyl (C=O) groups is 2. The van der Waals surface area contributed by atoms with Crippen molar-refractivity contribution in [1.82, 2.24) is 4.90 Å². The lowest BCUT2D eigenvalue weighted by Crippen LogP contribution is -2.45. The summed E-state index contributed by atoms with van der Waals surface area (Å²) < 4.78 is 5.26. The number of amides is 3. The lowest BCUT2D eigenvalue weighted by atomic mass is 10.2. The Morgan fingerprint density at radius 2 is 2.00 bits per heavy atom. The number of benzene rings is 1. The molecule has 0 spiro atoms. The summed E-state index contributed by atoms with van der Waals surface area (Å²) in [5.41, 5.74) is 7.08. The van der Waals surface area contributed by atoms with Crippen LogP contribution in [-0.4, -0.2) is 42.6 Å². The van der Waals surface area contributed by atoms with Crippen molar-refractivity contribution in [2.75, 3.05) is 24.7 Å². The first-order valence-corrected chi connectivity index (χ1v) is 6.23. The molecule has 1 aromatic rings. The van der Waals surface area contributed by atoms with E-state index in [4.69, 9.17) is 10.5 Å². The van der Waals surface area contributed by atoms with Gasteiger partial charge >= 0.3 is 6.03 Å². The molecule has 1 unspecified atom stereocenters. The van der Waals surface area contributed by atoms with E-state index in [-0.39, 0.29) is 18.5 Å². The molecule has 2 aliphatic rings. The van der Waals surface area contributed by atoms with Crippen molar-refractivity contribution in [2.24, 2.45) is 5.73 Å². The van der Waals surface area contributed by atoms with E-state index in [1.54, 1.807) is 17.0 Å². The smallest absolute Gasteiger partial charge is 0.332 e. The Bertz CT molecular complexity index is 490. The molecule has 6 heteroatoms. The Morgan fingerprint density at radius 1 is 1.26 bits per heavy atom. The lowest BCUT2D eigenvalue weighted by Gasteiger charge is -2.26. The van der Waals surface area contributed by atoms with E-state index in [9.17, 15) is 9.59 Å². The van der Waals surface area contributed by atoms with Crippen LogP contribution >= 0.6 is 0 Å². The minimum Gasteiger partial charge on any atom is -0.377 e. The standard InChI is InChI=1S/C13H15N3O3/c14-7-9-1-3-10(4-2-9)16-12(17)11-8-19-6-5-15(11)13(16)18/h1-4,11H,5-8,14H2. The third-order valence-corrected chi connectivity index (χ3v) is 3.50. The van der Waals surface area contributed by atoms with Gasteiger partial charge in [0.25, 0.3) is 5.91 Å². The number of fused-ring (bicyclic) bond motifs is 1. The van der Waals surface area contributed by atoms with Crippen molar-refractivity contribution in [3.05, 3.63) is 29.8 Å². The summed E-state index contributed by atoms with van der Waals surface area (Å²) in [4.78, 5) is 27.3. The molecule has 0 radical (unpaired) electrons. The normalized spacial score (nSPS) is 22.9. The molecule has 2 fully saturated rings. The minimum atomic E-state index is -0.476. The monoisotopic (exact) mass is 261 g/mol. The van der Waals surface area contributed by atoms with Crippen LogP contribution in [0.25, 0.3) is 0 Å². The van der Waals surface area contributed by atoms with Gasteiger partial charge in [0.2, 0.25) is 0 Å². The number of carbonyl (C=O) groups excluding carboxylic acids is 2. The Morgan fingerprint density at radius 3 is 2.63 bits per heavy atom. The first-order valence-electron chi connectivity index (χ1n) is 6.23. The summed E-state index contributed by atoms with van der Waals surface area (Å²) in [6, 6.07) is 6.40. The van der Waals surface area contributed by atoms with Gasteiger partial charge in [0, 0.05) is 13.1 Å². The Kier molecular flexibility index (Phi) is 2.96. The van der Waals surface area contributed by atoms with Crippen LogP contribution in [0, 0.1) is 0 Å². The Labute approximate surface area is 110 Å². The summed E-state index contributed by atoms with van der Waals surface area (Å²) >= 11 is 0. The second-order valence-corrected chi connectivity index (χ2v) is 4.61. The van der Waals surface area contributed by atoms with Gasteiger partial charge in [-0.3, -0.25) is 4.79 Å². The number of hydrogen-bond donors (Lipinski definition) is 1. The number of imide groups is 1. The maximum Gasteiger partial charge on any atom is 0.332 e. The second kappa shape index (κ2) is 4.64. The van der Waals surface area contributed by atoms with Gasteiger partial charge in [-0.05, 0) is 17.7 Å². The molecule has 0 aromatic heterocycles. The van der Waals surface area contributed by atoms with E-state index < -0.39 is 6.04 Å². The first kappa shape index (κ1) is 12.1. The van der Waals surface area contributed by atoms with Crippen LogP contribution in [0.15, 0.2) is 24.3 Å². The molecule has 2 heterocycles. The topological polar surface area (TPSA) is 75.9 Å². The molecule has 0 saturated carbocycles. The van der Waals surface area contributed by atoms with Crippen LogP contribution in [0.4, 0.5) is 10.5 Å². The average molecular weight is 261 g/mol. The fourth-order valence-electron chi connectivity index (χ4n) is 2.43. The van der Waals surface area contributed by atoms with Crippen molar-refractivity contribution in [2.45, 2.75) is 12.6 Å². The largest absolute Gasteiger partial charge is 0.377 e. The molecule has 2 aliphatic heterocycles. The third kappa shape index (κ3) is 1.89. The molecule has 3 rings (SSSR count). The fraction of sp³-hybridized carbons (Fsp3) is 0.385. The summed E-state index contributed by atoms with van der Waals surface area (Å²) in [5.74, 6) is -0.217. The zero-order chi connectivity index (χ0) is 13.4. The maximum absolute atomic E-state index is 12.3. The van der Waals surface area contributed by atoms with Gasteiger partial charge in [0.05, 0.1) is 18.9 Å². The second-order valence-electron chi connectivity index (χ2n) is 4.61. The third-order valence-electron chi connectivity index (χ3n) is 3.50. The van der Waals surface area contributed by atoms with Gasteiger partial charge in [-0.25, -0.2) is 9.69 Å². The van der Waals surface area contributed by atoms with Gasteiger partial charge in [0.15, 0.2) is 0 Å². The van der Waals surface area contributed by atoms with E-state index in [2.05, 4.69) is 0 Å². The number of morpholine rings is 1. The highest BCUT2D eigenvalue weighted by molar-refractivity contribution is 6.21. The van der Waals surface area contributed by atoms with Crippen LogP contribution in [-0.2, 0) is 16.1 Å². The van der Waals surface area contributed by atoms with Crippen molar-refractivity contribution >= 4 is 17.6 Å². The summed E-state index contributed by atoms with van der Waals surface area (Å²) in [6.07, 6.45) is 0. The molecule has 0 bridgehead atoms. The molecule has 1 atom stereocenters. The summed E-state index contributed by atoms with van der Waals surface area (Å²) in [7, 11) is 0. The van der Waals surface area contributed by atoms with Crippen LogP contribution in [0.2, 0.25) is 0 Å². The summed E-state index contributed by atoms with van der Waals surface area (Å²) in [5, 5.41) is 0. The number of rotatable bonds is 2. The Balaban J connectivity index is 1.91. The molecular formula is C13H15N3O3.